The van der Waals surface area contributed by atoms with Crippen molar-refractivity contribution in [2.24, 2.45) is 0 Å². The Hall–Kier alpha value is -1.26. The molecular weight excluding hydrogens is 268 g/mol. The van der Waals surface area contributed by atoms with E-state index in [9.17, 15) is 0 Å². The minimum absolute atomic E-state index is 0.307. The molecule has 5 heteroatoms. The Morgan fingerprint density at radius 3 is 3.28 bits per heavy atom. The Labute approximate surface area is 115 Å². The largest absolute Gasteiger partial charge is 0.480 e. The smallest absolute Gasteiger partial charge is 0.237 e. The molecule has 0 amide bonds. The number of nitrogens with one attached hydrogen (secondary N) is 1. The molecule has 94 valence electrons. The first kappa shape index (κ1) is 11.8. The fraction of sp³-hybridized carbons (Fsp3) is 0.308. The Morgan fingerprint density at radius 1 is 1.56 bits per heavy atom. The highest BCUT2D eigenvalue weighted by Crippen LogP contribution is 2.41. The second kappa shape index (κ2) is 4.78. The fourth-order valence-electron chi connectivity index (χ4n) is 2.33. The van der Waals surface area contributed by atoms with Gasteiger partial charge >= 0.3 is 0 Å². The van der Waals surface area contributed by atoms with Gasteiger partial charge in [0.15, 0.2) is 0 Å². The Kier molecular flexibility index (Phi) is 3.14. The van der Waals surface area contributed by atoms with Crippen LogP contribution in [0.3, 0.4) is 0 Å². The lowest BCUT2D eigenvalue weighted by Crippen LogP contribution is -2.08. The lowest BCUT2D eigenvalue weighted by Gasteiger charge is -2.16. The highest BCUT2D eigenvalue weighted by atomic mass is 35.5. The predicted molar refractivity (Wildman–Crippen MR) is 74.8 cm³/mol. The molecule has 1 atom stereocenters. The average molecular weight is 281 g/mol. The summed E-state index contributed by atoms with van der Waals surface area (Å²) in [7, 11) is 1.63. The topological polar surface area (TPSA) is 34.1 Å². The number of nitrogens with zero attached hydrogens (tertiary/aromatic N) is 1. The van der Waals surface area contributed by atoms with Gasteiger partial charge in [-0.2, -0.15) is 0 Å². The number of hydrogen-bond acceptors (Lipinski definition) is 4. The van der Waals surface area contributed by atoms with Gasteiger partial charge in [0, 0.05) is 11.1 Å². The minimum Gasteiger partial charge on any atom is -0.480 e. The van der Waals surface area contributed by atoms with Crippen LogP contribution >= 0.6 is 22.9 Å². The van der Waals surface area contributed by atoms with Gasteiger partial charge in [0.05, 0.1) is 23.2 Å². The van der Waals surface area contributed by atoms with Crippen molar-refractivity contribution < 1.29 is 4.74 Å². The summed E-state index contributed by atoms with van der Waals surface area (Å²) in [5.74, 6) is 0.632. The van der Waals surface area contributed by atoms with Crippen molar-refractivity contribution in [1.82, 2.24) is 4.98 Å². The van der Waals surface area contributed by atoms with Gasteiger partial charge in [0.1, 0.15) is 0 Å². The summed E-state index contributed by atoms with van der Waals surface area (Å²) in [6, 6.07) is 6.26. The van der Waals surface area contributed by atoms with Crippen LogP contribution in [-0.2, 0) is 6.42 Å². The van der Waals surface area contributed by atoms with Crippen LogP contribution in [0.5, 0.6) is 5.88 Å². The van der Waals surface area contributed by atoms with Crippen molar-refractivity contribution in [3.05, 3.63) is 39.2 Å². The van der Waals surface area contributed by atoms with Crippen LogP contribution in [-0.4, -0.2) is 12.1 Å². The van der Waals surface area contributed by atoms with Crippen molar-refractivity contribution >= 4 is 28.6 Å². The molecule has 2 aromatic rings. The standard InChI is InChI=1S/C13H13ClN2OS/c1-17-13-10(3-2-6-15-13)16-9-4-5-11-8(9)7-12(14)18-11/h2-3,6-7,9,16H,4-5H2,1H3. The quantitative estimate of drug-likeness (QED) is 0.926. The summed E-state index contributed by atoms with van der Waals surface area (Å²) >= 11 is 7.74. The van der Waals surface area contributed by atoms with Gasteiger partial charge in [-0.3, -0.25) is 0 Å². The van der Waals surface area contributed by atoms with Crippen molar-refractivity contribution in [1.29, 1.82) is 0 Å². The number of ether oxygens (including phenoxy) is 1. The van der Waals surface area contributed by atoms with E-state index in [1.807, 2.05) is 12.1 Å². The summed E-state index contributed by atoms with van der Waals surface area (Å²) in [6.45, 7) is 0. The van der Waals surface area contributed by atoms with E-state index in [0.717, 1.165) is 22.9 Å². The van der Waals surface area contributed by atoms with Gasteiger partial charge in [0.2, 0.25) is 5.88 Å². The van der Waals surface area contributed by atoms with Crippen LogP contribution in [0.4, 0.5) is 5.69 Å². The number of aryl methyl sites for hydroxylation is 1. The first-order chi connectivity index (χ1) is 8.78. The monoisotopic (exact) mass is 280 g/mol. The first-order valence-electron chi connectivity index (χ1n) is 5.81. The molecule has 0 saturated carbocycles. The molecule has 2 aromatic heterocycles. The van der Waals surface area contributed by atoms with E-state index in [1.54, 1.807) is 24.6 Å². The number of anilines is 1. The van der Waals surface area contributed by atoms with E-state index in [0.29, 0.717) is 11.9 Å². The lowest BCUT2D eigenvalue weighted by molar-refractivity contribution is 0.399. The third kappa shape index (κ3) is 2.06. The molecule has 0 radical (unpaired) electrons. The van der Waals surface area contributed by atoms with Crippen molar-refractivity contribution in [3.63, 3.8) is 0 Å². The van der Waals surface area contributed by atoms with E-state index < -0.39 is 0 Å². The Morgan fingerprint density at radius 2 is 2.44 bits per heavy atom. The SMILES string of the molecule is COc1ncccc1NC1CCc2sc(Cl)cc21. The number of thiophene rings is 1. The zero-order valence-electron chi connectivity index (χ0n) is 9.94. The van der Waals surface area contributed by atoms with E-state index in [-0.39, 0.29) is 0 Å². The summed E-state index contributed by atoms with van der Waals surface area (Å²) in [4.78, 5) is 5.58. The van der Waals surface area contributed by atoms with Gasteiger partial charge < -0.3 is 10.1 Å². The molecule has 0 aliphatic heterocycles. The average Bonchev–Trinajstić information content (AvgIpc) is 2.91. The maximum absolute atomic E-state index is 6.06. The minimum atomic E-state index is 0.307. The maximum atomic E-state index is 6.06. The molecule has 1 aliphatic carbocycles. The number of pyridine rings is 1. The van der Waals surface area contributed by atoms with Crippen LogP contribution in [0.1, 0.15) is 22.9 Å². The molecule has 3 rings (SSSR count). The molecule has 3 nitrogen and oxygen atoms in total. The van der Waals surface area contributed by atoms with E-state index >= 15 is 0 Å². The molecular formula is C13H13ClN2OS. The normalized spacial score (nSPS) is 17.6. The zero-order valence-corrected chi connectivity index (χ0v) is 11.5. The summed E-state index contributed by atoms with van der Waals surface area (Å²) in [5, 5.41) is 3.49. The molecule has 1 aliphatic rings. The highest BCUT2D eigenvalue weighted by Gasteiger charge is 2.25. The Bertz CT molecular complexity index is 570. The van der Waals surface area contributed by atoms with Crippen LogP contribution in [0.25, 0.3) is 0 Å². The molecule has 0 spiro atoms. The van der Waals surface area contributed by atoms with Crippen LogP contribution < -0.4 is 10.1 Å². The Balaban J connectivity index is 1.86. The van der Waals surface area contributed by atoms with Gasteiger partial charge in [0.25, 0.3) is 0 Å². The number of methoxy groups -OCH3 is 1. The third-order valence-corrected chi connectivity index (χ3v) is 4.48. The molecule has 2 heterocycles. The van der Waals surface area contributed by atoms with Crippen LogP contribution in [0.15, 0.2) is 24.4 Å². The number of fused-ring (bicyclic) bond motifs is 1. The van der Waals surface area contributed by atoms with E-state index in [1.165, 1.54) is 10.4 Å². The van der Waals surface area contributed by atoms with Crippen LogP contribution in [0.2, 0.25) is 4.34 Å². The lowest BCUT2D eigenvalue weighted by atomic mass is 10.1. The molecule has 18 heavy (non-hydrogen) atoms. The van der Waals surface area contributed by atoms with Crippen molar-refractivity contribution in [3.8, 4) is 5.88 Å². The second-order valence-corrected chi connectivity index (χ2v) is 5.99. The zero-order chi connectivity index (χ0) is 12.5. The third-order valence-electron chi connectivity index (χ3n) is 3.14. The number of hydrogen-bond donors (Lipinski definition) is 1. The second-order valence-electron chi connectivity index (χ2n) is 4.22. The number of halogens is 1. The number of rotatable bonds is 3. The molecule has 0 bridgehead atoms. The van der Waals surface area contributed by atoms with Crippen molar-refractivity contribution in [2.75, 3.05) is 12.4 Å². The van der Waals surface area contributed by atoms with Crippen molar-refractivity contribution in [2.45, 2.75) is 18.9 Å². The summed E-state index contributed by atoms with van der Waals surface area (Å²) in [6.07, 6.45) is 3.91. The summed E-state index contributed by atoms with van der Waals surface area (Å²) < 4.78 is 6.12. The van der Waals surface area contributed by atoms with Gasteiger partial charge in [-0.05, 0) is 36.6 Å². The maximum Gasteiger partial charge on any atom is 0.237 e. The first-order valence-corrected chi connectivity index (χ1v) is 7.01. The van der Waals surface area contributed by atoms with E-state index in [4.69, 9.17) is 16.3 Å². The van der Waals surface area contributed by atoms with Gasteiger partial charge in [-0.25, -0.2) is 4.98 Å². The highest BCUT2D eigenvalue weighted by molar-refractivity contribution is 7.16. The predicted octanol–water partition coefficient (Wildman–Crippen LogP) is 3.90. The van der Waals surface area contributed by atoms with E-state index in [2.05, 4.69) is 16.4 Å². The van der Waals surface area contributed by atoms with Gasteiger partial charge in [-0.15, -0.1) is 11.3 Å². The molecule has 1 N–H and O–H groups in total. The summed E-state index contributed by atoms with van der Waals surface area (Å²) in [5.41, 5.74) is 2.25. The molecule has 0 saturated heterocycles. The fourth-order valence-corrected chi connectivity index (χ4v) is 3.69. The molecule has 0 fully saturated rings. The molecule has 1 unspecified atom stereocenters. The van der Waals surface area contributed by atoms with Crippen LogP contribution in [0, 0.1) is 0 Å². The van der Waals surface area contributed by atoms with Gasteiger partial charge in [-0.1, -0.05) is 11.6 Å². The number of aromatic nitrogens is 1. The molecule has 0 aromatic carbocycles.